The van der Waals surface area contributed by atoms with Crippen molar-refractivity contribution in [2.45, 2.75) is 40.4 Å². The van der Waals surface area contributed by atoms with E-state index in [1.54, 1.807) is 6.33 Å². The molecule has 0 aliphatic rings. The van der Waals surface area contributed by atoms with E-state index in [1.165, 1.54) is 16.7 Å². The Bertz CT molecular complexity index is 516. The van der Waals surface area contributed by atoms with Gasteiger partial charge in [-0.25, -0.2) is 0 Å². The summed E-state index contributed by atoms with van der Waals surface area (Å²) in [6.45, 7) is 8.89. The van der Waals surface area contributed by atoms with Crippen LogP contribution in [0.1, 0.15) is 29.4 Å². The fourth-order valence-electron chi connectivity index (χ4n) is 1.98. The second kappa shape index (κ2) is 5.78. The zero-order chi connectivity index (χ0) is 13.0. The first-order valence-corrected chi connectivity index (χ1v) is 6.34. The number of hydrogen-bond acceptors (Lipinski definition) is 3. The van der Waals surface area contributed by atoms with E-state index in [2.05, 4.69) is 59.1 Å². The Hall–Kier alpha value is -1.68. The highest BCUT2D eigenvalue weighted by Crippen LogP contribution is 2.10. The molecule has 0 atom stereocenters. The lowest BCUT2D eigenvalue weighted by atomic mass is 10.1. The number of aromatic nitrogens is 3. The number of aryl methyl sites for hydroxylation is 3. The lowest BCUT2D eigenvalue weighted by molar-refractivity contribution is 0.611. The van der Waals surface area contributed by atoms with Crippen molar-refractivity contribution in [3.8, 4) is 0 Å². The molecule has 2 rings (SSSR count). The van der Waals surface area contributed by atoms with Crippen molar-refractivity contribution >= 4 is 0 Å². The van der Waals surface area contributed by atoms with Crippen molar-refractivity contribution in [3.05, 3.63) is 47.0 Å². The highest BCUT2D eigenvalue weighted by molar-refractivity contribution is 5.30. The Morgan fingerprint density at radius 2 is 2.06 bits per heavy atom. The van der Waals surface area contributed by atoms with Gasteiger partial charge < -0.3 is 9.88 Å². The number of nitrogens with one attached hydrogen (secondary N) is 1. The largest absolute Gasteiger partial charge is 0.317 e. The van der Waals surface area contributed by atoms with Crippen LogP contribution in [0.5, 0.6) is 0 Å². The third kappa shape index (κ3) is 2.96. The van der Waals surface area contributed by atoms with Crippen molar-refractivity contribution in [1.29, 1.82) is 0 Å². The molecule has 0 saturated carbocycles. The standard InChI is InChI=1S/C14H20N4/c1-4-18-10-16-17-14(18)9-15-8-13-7-11(2)5-6-12(13)3/h5-7,10,15H,4,8-9H2,1-3H3. The van der Waals surface area contributed by atoms with E-state index in [4.69, 9.17) is 0 Å². The molecule has 1 heterocycles. The predicted molar refractivity (Wildman–Crippen MR) is 72.2 cm³/mol. The summed E-state index contributed by atoms with van der Waals surface area (Å²) in [5.74, 6) is 0.989. The van der Waals surface area contributed by atoms with Crippen molar-refractivity contribution in [1.82, 2.24) is 20.1 Å². The molecule has 0 unspecified atom stereocenters. The third-order valence-corrected chi connectivity index (χ3v) is 3.14. The smallest absolute Gasteiger partial charge is 0.146 e. The fraction of sp³-hybridized carbons (Fsp3) is 0.429. The number of rotatable bonds is 5. The summed E-state index contributed by atoms with van der Waals surface area (Å²) in [4.78, 5) is 0. The summed E-state index contributed by atoms with van der Waals surface area (Å²) in [5.41, 5.74) is 3.97. The Kier molecular flexibility index (Phi) is 4.10. The van der Waals surface area contributed by atoms with Crippen LogP contribution in [0.25, 0.3) is 0 Å². The normalized spacial score (nSPS) is 10.8. The van der Waals surface area contributed by atoms with E-state index in [1.807, 2.05) is 0 Å². The zero-order valence-electron chi connectivity index (χ0n) is 11.3. The average molecular weight is 244 g/mol. The Labute approximate surface area is 108 Å². The monoisotopic (exact) mass is 244 g/mol. The molecule has 96 valence electrons. The topological polar surface area (TPSA) is 42.7 Å². The van der Waals surface area contributed by atoms with Crippen LogP contribution in [0, 0.1) is 13.8 Å². The van der Waals surface area contributed by atoms with E-state index < -0.39 is 0 Å². The Morgan fingerprint density at radius 3 is 2.83 bits per heavy atom. The van der Waals surface area contributed by atoms with Gasteiger partial charge in [-0.05, 0) is 31.9 Å². The van der Waals surface area contributed by atoms with Gasteiger partial charge in [0.15, 0.2) is 0 Å². The molecule has 0 saturated heterocycles. The zero-order valence-corrected chi connectivity index (χ0v) is 11.3. The minimum Gasteiger partial charge on any atom is -0.317 e. The molecule has 0 bridgehead atoms. The maximum Gasteiger partial charge on any atom is 0.146 e. The molecule has 4 heteroatoms. The molecule has 1 N–H and O–H groups in total. The molecule has 1 aromatic carbocycles. The maximum absolute atomic E-state index is 4.11. The lowest BCUT2D eigenvalue weighted by Gasteiger charge is -2.09. The van der Waals surface area contributed by atoms with Gasteiger partial charge in [-0.15, -0.1) is 10.2 Å². The first kappa shape index (κ1) is 12.8. The van der Waals surface area contributed by atoms with E-state index in [0.717, 1.165) is 25.5 Å². The quantitative estimate of drug-likeness (QED) is 0.877. The second-order valence-corrected chi connectivity index (χ2v) is 4.57. The second-order valence-electron chi connectivity index (χ2n) is 4.57. The molecular weight excluding hydrogens is 224 g/mol. The lowest BCUT2D eigenvalue weighted by Crippen LogP contribution is -2.17. The number of benzene rings is 1. The highest BCUT2D eigenvalue weighted by Gasteiger charge is 2.03. The van der Waals surface area contributed by atoms with Gasteiger partial charge in [0, 0.05) is 13.1 Å². The summed E-state index contributed by atoms with van der Waals surface area (Å²) in [6.07, 6.45) is 1.77. The summed E-state index contributed by atoms with van der Waals surface area (Å²) in [6, 6.07) is 6.54. The molecule has 0 radical (unpaired) electrons. The fourth-order valence-corrected chi connectivity index (χ4v) is 1.98. The van der Waals surface area contributed by atoms with Crippen molar-refractivity contribution < 1.29 is 0 Å². The van der Waals surface area contributed by atoms with Gasteiger partial charge in [-0.2, -0.15) is 0 Å². The summed E-state index contributed by atoms with van der Waals surface area (Å²) in [5, 5.41) is 11.5. The van der Waals surface area contributed by atoms with Gasteiger partial charge in [0.2, 0.25) is 0 Å². The molecule has 4 nitrogen and oxygen atoms in total. The molecule has 18 heavy (non-hydrogen) atoms. The van der Waals surface area contributed by atoms with Crippen molar-refractivity contribution in [2.24, 2.45) is 0 Å². The molecule has 0 spiro atoms. The van der Waals surface area contributed by atoms with Crippen molar-refractivity contribution in [2.75, 3.05) is 0 Å². The number of nitrogens with zero attached hydrogens (tertiary/aromatic N) is 3. The van der Waals surface area contributed by atoms with Gasteiger partial charge >= 0.3 is 0 Å². The van der Waals surface area contributed by atoms with Crippen LogP contribution in [0.3, 0.4) is 0 Å². The van der Waals surface area contributed by atoms with E-state index in [9.17, 15) is 0 Å². The summed E-state index contributed by atoms with van der Waals surface area (Å²) in [7, 11) is 0. The van der Waals surface area contributed by atoms with Gasteiger partial charge in [0.1, 0.15) is 12.2 Å². The van der Waals surface area contributed by atoms with Crippen molar-refractivity contribution in [3.63, 3.8) is 0 Å². The van der Waals surface area contributed by atoms with Crippen LogP contribution in [0.15, 0.2) is 24.5 Å². The molecule has 2 aromatic rings. The Morgan fingerprint density at radius 1 is 1.22 bits per heavy atom. The molecule has 0 fully saturated rings. The molecule has 0 amide bonds. The van der Waals surface area contributed by atoms with E-state index in [-0.39, 0.29) is 0 Å². The summed E-state index contributed by atoms with van der Waals surface area (Å²) < 4.78 is 2.05. The van der Waals surface area contributed by atoms with Crippen LogP contribution in [0.2, 0.25) is 0 Å². The van der Waals surface area contributed by atoms with E-state index in [0.29, 0.717) is 0 Å². The predicted octanol–water partition coefficient (Wildman–Crippen LogP) is 2.20. The Balaban J connectivity index is 1.94. The minimum absolute atomic E-state index is 0.751. The van der Waals surface area contributed by atoms with Crippen LogP contribution in [0.4, 0.5) is 0 Å². The first-order valence-electron chi connectivity index (χ1n) is 6.34. The van der Waals surface area contributed by atoms with Crippen LogP contribution in [-0.4, -0.2) is 14.8 Å². The molecule has 0 aliphatic carbocycles. The molecule has 0 aliphatic heterocycles. The number of hydrogen-bond donors (Lipinski definition) is 1. The molecule has 1 aromatic heterocycles. The minimum atomic E-state index is 0.751. The maximum atomic E-state index is 4.11. The summed E-state index contributed by atoms with van der Waals surface area (Å²) >= 11 is 0. The van der Waals surface area contributed by atoms with Crippen LogP contribution < -0.4 is 5.32 Å². The average Bonchev–Trinajstić information content (AvgIpc) is 2.81. The highest BCUT2D eigenvalue weighted by atomic mass is 15.3. The van der Waals surface area contributed by atoms with Gasteiger partial charge in [0.05, 0.1) is 6.54 Å². The first-order chi connectivity index (χ1) is 8.70. The van der Waals surface area contributed by atoms with E-state index >= 15 is 0 Å². The van der Waals surface area contributed by atoms with Crippen LogP contribution in [-0.2, 0) is 19.6 Å². The van der Waals surface area contributed by atoms with Gasteiger partial charge in [0.25, 0.3) is 0 Å². The van der Waals surface area contributed by atoms with Gasteiger partial charge in [-0.1, -0.05) is 23.8 Å². The van der Waals surface area contributed by atoms with Crippen LogP contribution >= 0.6 is 0 Å². The van der Waals surface area contributed by atoms with Gasteiger partial charge in [-0.3, -0.25) is 0 Å². The third-order valence-electron chi connectivity index (χ3n) is 3.14. The molecular formula is C14H20N4. The SMILES string of the molecule is CCn1cnnc1CNCc1cc(C)ccc1C.